The molecule has 0 N–H and O–H groups in total. The van der Waals surface area contributed by atoms with Gasteiger partial charge >= 0.3 is 0 Å². The number of Topliss-reactive ketones (excluding diaryl/α,β-unsaturated/α-hetero) is 1. The van der Waals surface area contributed by atoms with E-state index in [1.807, 2.05) is 24.3 Å². The Kier molecular flexibility index (Phi) is 4.09. The zero-order chi connectivity index (χ0) is 11.5. The second-order valence-corrected chi connectivity index (χ2v) is 5.82. The lowest BCUT2D eigenvalue weighted by Gasteiger charge is -2.17. The Bertz CT molecular complexity index is 350. The normalized spacial score (nSPS) is 11.5. The van der Waals surface area contributed by atoms with Gasteiger partial charge in [0.25, 0.3) is 0 Å². The van der Waals surface area contributed by atoms with E-state index in [-0.39, 0.29) is 11.2 Å². The first kappa shape index (κ1) is 12.4. The van der Waals surface area contributed by atoms with Crippen LogP contribution in [0.1, 0.15) is 44.0 Å². The molecule has 0 spiro atoms. The fourth-order valence-electron chi connectivity index (χ4n) is 1.31. The van der Waals surface area contributed by atoms with Crippen molar-refractivity contribution in [3.05, 3.63) is 34.3 Å². The van der Waals surface area contributed by atoms with Crippen molar-refractivity contribution in [3.8, 4) is 0 Å². The van der Waals surface area contributed by atoms with Crippen molar-refractivity contribution in [1.29, 1.82) is 0 Å². The second-order valence-electron chi connectivity index (χ2n) is 4.96. The van der Waals surface area contributed by atoms with Crippen molar-refractivity contribution in [2.45, 2.75) is 33.6 Å². The average molecular weight is 269 g/mol. The summed E-state index contributed by atoms with van der Waals surface area (Å²) in [6.07, 6.45) is 1.54. The summed E-state index contributed by atoms with van der Waals surface area (Å²) in [7, 11) is 0. The second kappa shape index (κ2) is 4.93. The molecule has 0 saturated carbocycles. The van der Waals surface area contributed by atoms with Crippen LogP contribution < -0.4 is 0 Å². The summed E-state index contributed by atoms with van der Waals surface area (Å²) >= 11 is 3.40. The molecule has 0 bridgehead atoms. The van der Waals surface area contributed by atoms with Crippen LogP contribution in [0.2, 0.25) is 0 Å². The van der Waals surface area contributed by atoms with Crippen molar-refractivity contribution in [1.82, 2.24) is 0 Å². The molecule has 1 nitrogen and oxygen atoms in total. The van der Waals surface area contributed by atoms with Gasteiger partial charge in [-0.15, -0.1) is 0 Å². The van der Waals surface area contributed by atoms with Gasteiger partial charge in [-0.25, -0.2) is 0 Å². The summed E-state index contributed by atoms with van der Waals surface area (Å²) in [5.41, 5.74) is 1.01. The van der Waals surface area contributed by atoms with E-state index in [2.05, 4.69) is 36.7 Å². The van der Waals surface area contributed by atoms with Crippen molar-refractivity contribution >= 4 is 21.7 Å². The fourth-order valence-corrected chi connectivity index (χ4v) is 1.82. The number of hydrogen-bond donors (Lipinski definition) is 0. The van der Waals surface area contributed by atoms with E-state index < -0.39 is 0 Å². The van der Waals surface area contributed by atoms with E-state index in [1.165, 1.54) is 0 Å². The van der Waals surface area contributed by atoms with Crippen LogP contribution >= 0.6 is 15.9 Å². The van der Waals surface area contributed by atoms with Gasteiger partial charge in [0, 0.05) is 16.5 Å². The SMILES string of the molecule is CC(C)(C)CCC(=O)c1ccccc1Br. The molecule has 0 unspecified atom stereocenters. The average Bonchev–Trinajstić information content (AvgIpc) is 2.14. The first-order valence-corrected chi connectivity index (χ1v) is 5.97. The highest BCUT2D eigenvalue weighted by atomic mass is 79.9. The third-order valence-electron chi connectivity index (χ3n) is 2.28. The lowest BCUT2D eigenvalue weighted by atomic mass is 9.88. The van der Waals surface area contributed by atoms with E-state index in [0.29, 0.717) is 6.42 Å². The van der Waals surface area contributed by atoms with Crippen LogP contribution in [0.4, 0.5) is 0 Å². The molecule has 1 rings (SSSR count). The summed E-state index contributed by atoms with van der Waals surface area (Å²) in [6, 6.07) is 7.60. The monoisotopic (exact) mass is 268 g/mol. The Hall–Kier alpha value is -0.630. The molecule has 0 saturated heterocycles. The first-order chi connectivity index (χ1) is 6.90. The zero-order valence-electron chi connectivity index (χ0n) is 9.51. The molecule has 0 fully saturated rings. The maximum atomic E-state index is 11.9. The largest absolute Gasteiger partial charge is 0.294 e. The number of ketones is 1. The highest BCUT2D eigenvalue weighted by molar-refractivity contribution is 9.10. The van der Waals surface area contributed by atoms with E-state index in [1.54, 1.807) is 0 Å². The van der Waals surface area contributed by atoms with Crippen LogP contribution in [-0.4, -0.2) is 5.78 Å². The predicted octanol–water partition coefficient (Wildman–Crippen LogP) is 4.46. The number of carbonyl (C=O) groups excluding carboxylic acids is 1. The molecule has 2 heteroatoms. The van der Waals surface area contributed by atoms with Crippen LogP contribution in [0.3, 0.4) is 0 Å². The molecule has 1 aromatic carbocycles. The van der Waals surface area contributed by atoms with Gasteiger partial charge in [-0.1, -0.05) is 54.9 Å². The maximum absolute atomic E-state index is 11.9. The van der Waals surface area contributed by atoms with Crippen molar-refractivity contribution in [2.24, 2.45) is 5.41 Å². The molecule has 0 atom stereocenters. The minimum absolute atomic E-state index is 0.219. The van der Waals surface area contributed by atoms with Crippen LogP contribution in [0.5, 0.6) is 0 Å². The Labute approximate surface area is 100 Å². The molecule has 0 aromatic heterocycles. The minimum atomic E-state index is 0.219. The fraction of sp³-hybridized carbons (Fsp3) is 0.462. The molecule has 82 valence electrons. The molecule has 0 radical (unpaired) electrons. The predicted molar refractivity (Wildman–Crippen MR) is 67.2 cm³/mol. The minimum Gasteiger partial charge on any atom is -0.294 e. The molecule has 0 aliphatic carbocycles. The zero-order valence-corrected chi connectivity index (χ0v) is 11.1. The smallest absolute Gasteiger partial charge is 0.164 e. The van der Waals surface area contributed by atoms with Crippen molar-refractivity contribution in [2.75, 3.05) is 0 Å². The molecule has 0 aliphatic heterocycles. The standard InChI is InChI=1S/C13H17BrO/c1-13(2,3)9-8-12(15)10-6-4-5-7-11(10)14/h4-7H,8-9H2,1-3H3. The summed E-state index contributed by atoms with van der Waals surface area (Å²) in [4.78, 5) is 11.9. The topological polar surface area (TPSA) is 17.1 Å². The summed E-state index contributed by atoms with van der Waals surface area (Å²) < 4.78 is 0.893. The van der Waals surface area contributed by atoms with Crippen LogP contribution in [0.25, 0.3) is 0 Å². The van der Waals surface area contributed by atoms with E-state index in [0.717, 1.165) is 16.5 Å². The van der Waals surface area contributed by atoms with E-state index in [4.69, 9.17) is 0 Å². The molecule has 0 amide bonds. The molecule has 15 heavy (non-hydrogen) atoms. The summed E-state index contributed by atoms with van der Waals surface area (Å²) in [5, 5.41) is 0. The van der Waals surface area contributed by atoms with Gasteiger partial charge in [0.15, 0.2) is 5.78 Å². The highest BCUT2D eigenvalue weighted by Gasteiger charge is 2.15. The number of benzene rings is 1. The Morgan fingerprint density at radius 2 is 1.87 bits per heavy atom. The van der Waals surface area contributed by atoms with Gasteiger partial charge in [-0.2, -0.15) is 0 Å². The summed E-state index contributed by atoms with van der Waals surface area (Å²) in [5.74, 6) is 0.220. The molecular formula is C13H17BrO. The van der Waals surface area contributed by atoms with Gasteiger partial charge in [0.1, 0.15) is 0 Å². The van der Waals surface area contributed by atoms with Crippen LogP contribution in [0.15, 0.2) is 28.7 Å². The van der Waals surface area contributed by atoms with Crippen LogP contribution in [0, 0.1) is 5.41 Å². The Morgan fingerprint density at radius 1 is 1.27 bits per heavy atom. The van der Waals surface area contributed by atoms with Gasteiger partial charge in [0.2, 0.25) is 0 Å². The van der Waals surface area contributed by atoms with Gasteiger partial charge in [-0.3, -0.25) is 4.79 Å². The number of carbonyl (C=O) groups is 1. The van der Waals surface area contributed by atoms with E-state index in [9.17, 15) is 4.79 Å². The van der Waals surface area contributed by atoms with Crippen molar-refractivity contribution in [3.63, 3.8) is 0 Å². The third kappa shape index (κ3) is 4.17. The highest BCUT2D eigenvalue weighted by Crippen LogP contribution is 2.24. The van der Waals surface area contributed by atoms with E-state index >= 15 is 0 Å². The van der Waals surface area contributed by atoms with Gasteiger partial charge in [-0.05, 0) is 17.9 Å². The Morgan fingerprint density at radius 3 is 2.40 bits per heavy atom. The Balaban J connectivity index is 2.66. The van der Waals surface area contributed by atoms with Gasteiger partial charge in [0.05, 0.1) is 0 Å². The quantitative estimate of drug-likeness (QED) is 0.740. The summed E-state index contributed by atoms with van der Waals surface area (Å²) in [6.45, 7) is 6.46. The number of halogens is 1. The van der Waals surface area contributed by atoms with Crippen molar-refractivity contribution < 1.29 is 4.79 Å². The maximum Gasteiger partial charge on any atom is 0.164 e. The molecular weight excluding hydrogens is 252 g/mol. The van der Waals surface area contributed by atoms with Crippen LogP contribution in [-0.2, 0) is 0 Å². The lowest BCUT2D eigenvalue weighted by Crippen LogP contribution is -2.09. The molecule has 1 aromatic rings. The first-order valence-electron chi connectivity index (χ1n) is 5.18. The lowest BCUT2D eigenvalue weighted by molar-refractivity contribution is 0.0965. The third-order valence-corrected chi connectivity index (χ3v) is 2.97. The number of hydrogen-bond acceptors (Lipinski definition) is 1. The molecule has 0 aliphatic rings. The van der Waals surface area contributed by atoms with Gasteiger partial charge < -0.3 is 0 Å². The molecule has 0 heterocycles. The number of rotatable bonds is 3.